The topological polar surface area (TPSA) is 38.3 Å². The normalized spacial score (nSPS) is 17.7. The molecule has 2 aromatic carbocycles. The van der Waals surface area contributed by atoms with Crippen LogP contribution >= 0.6 is 0 Å². The molecule has 2 aromatic rings. The molecule has 1 unspecified atom stereocenters. The lowest BCUT2D eigenvalue weighted by Gasteiger charge is -2.36. The van der Waals surface area contributed by atoms with Crippen molar-refractivity contribution in [3.05, 3.63) is 71.5 Å². The van der Waals surface area contributed by atoms with Gasteiger partial charge in [-0.05, 0) is 42.0 Å². The fourth-order valence-electron chi connectivity index (χ4n) is 3.45. The summed E-state index contributed by atoms with van der Waals surface area (Å²) in [5.41, 5.74) is 1.43. The van der Waals surface area contributed by atoms with Gasteiger partial charge in [-0.3, -0.25) is 4.79 Å². The molecule has 1 fully saturated rings. The summed E-state index contributed by atoms with van der Waals surface area (Å²) in [5, 5.41) is 3.12. The second-order valence-corrected chi connectivity index (χ2v) is 6.72. The van der Waals surface area contributed by atoms with Crippen molar-refractivity contribution < 1.29 is 13.9 Å². The average molecular weight is 341 g/mol. The lowest BCUT2D eigenvalue weighted by molar-refractivity contribution is -0.130. The van der Waals surface area contributed by atoms with Crippen LogP contribution in [0.25, 0.3) is 0 Å². The van der Waals surface area contributed by atoms with Gasteiger partial charge in [-0.1, -0.05) is 49.4 Å². The van der Waals surface area contributed by atoms with Gasteiger partial charge in [0, 0.05) is 19.8 Å². The van der Waals surface area contributed by atoms with Gasteiger partial charge in [0.15, 0.2) is 0 Å². The molecule has 25 heavy (non-hydrogen) atoms. The minimum absolute atomic E-state index is 0.00480. The highest BCUT2D eigenvalue weighted by Gasteiger charge is 2.41. The van der Waals surface area contributed by atoms with E-state index in [4.69, 9.17) is 4.74 Å². The number of carbonyl (C=O) groups is 1. The minimum atomic E-state index is -0.637. The van der Waals surface area contributed by atoms with Crippen molar-refractivity contribution in [2.45, 2.75) is 31.1 Å². The van der Waals surface area contributed by atoms with Crippen molar-refractivity contribution in [2.24, 2.45) is 0 Å². The molecule has 0 saturated carbocycles. The number of rotatable bonds is 5. The van der Waals surface area contributed by atoms with E-state index in [1.807, 2.05) is 18.2 Å². The van der Waals surface area contributed by atoms with E-state index in [1.54, 1.807) is 12.1 Å². The summed E-state index contributed by atoms with van der Waals surface area (Å²) in [6.07, 6.45) is 1.23. The second-order valence-electron chi connectivity index (χ2n) is 6.72. The van der Waals surface area contributed by atoms with Gasteiger partial charge in [-0.2, -0.15) is 0 Å². The van der Waals surface area contributed by atoms with Gasteiger partial charge in [-0.25, -0.2) is 4.39 Å². The summed E-state index contributed by atoms with van der Waals surface area (Å²) in [5.74, 6) is -0.0514. The number of benzene rings is 2. The van der Waals surface area contributed by atoms with Crippen molar-refractivity contribution >= 4 is 5.91 Å². The van der Waals surface area contributed by atoms with Crippen LogP contribution in [-0.2, 0) is 14.9 Å². The van der Waals surface area contributed by atoms with Gasteiger partial charge in [0.25, 0.3) is 0 Å². The van der Waals surface area contributed by atoms with Crippen molar-refractivity contribution in [3.63, 3.8) is 0 Å². The number of halogens is 1. The predicted molar refractivity (Wildman–Crippen MR) is 96.0 cm³/mol. The Morgan fingerprint density at radius 3 is 2.40 bits per heavy atom. The lowest BCUT2D eigenvalue weighted by Crippen LogP contribution is -2.48. The van der Waals surface area contributed by atoms with Gasteiger partial charge in [0.05, 0.1) is 5.41 Å². The molecule has 3 rings (SSSR count). The Balaban J connectivity index is 1.75. The van der Waals surface area contributed by atoms with Gasteiger partial charge in [-0.15, -0.1) is 0 Å². The number of ether oxygens (including phenoxy) is 1. The van der Waals surface area contributed by atoms with Crippen LogP contribution in [0.4, 0.5) is 4.39 Å². The highest BCUT2D eigenvalue weighted by molar-refractivity contribution is 5.88. The number of nitrogens with one attached hydrogen (secondary N) is 1. The van der Waals surface area contributed by atoms with Crippen LogP contribution in [0.5, 0.6) is 0 Å². The monoisotopic (exact) mass is 341 g/mol. The van der Waals surface area contributed by atoms with E-state index >= 15 is 0 Å². The zero-order valence-corrected chi connectivity index (χ0v) is 14.5. The van der Waals surface area contributed by atoms with Crippen molar-refractivity contribution in [2.75, 3.05) is 19.8 Å². The molecule has 3 nitrogen and oxygen atoms in total. The molecule has 1 N–H and O–H groups in total. The highest BCUT2D eigenvalue weighted by Crippen LogP contribution is 2.35. The molecule has 1 heterocycles. The fraction of sp³-hybridized carbons (Fsp3) is 0.381. The van der Waals surface area contributed by atoms with E-state index in [2.05, 4.69) is 24.4 Å². The van der Waals surface area contributed by atoms with Crippen LogP contribution in [0.1, 0.15) is 36.8 Å². The molecule has 4 heteroatoms. The Bertz CT molecular complexity index is 694. The summed E-state index contributed by atoms with van der Waals surface area (Å²) >= 11 is 0. The maximum Gasteiger partial charge on any atom is 0.230 e. The number of carbonyl (C=O) groups excluding carboxylic acids is 1. The Hall–Kier alpha value is -2.20. The van der Waals surface area contributed by atoms with E-state index in [1.165, 1.54) is 17.7 Å². The van der Waals surface area contributed by atoms with E-state index in [9.17, 15) is 9.18 Å². The quantitative estimate of drug-likeness (QED) is 0.898. The molecule has 1 atom stereocenters. The van der Waals surface area contributed by atoms with Crippen LogP contribution < -0.4 is 5.32 Å². The maximum atomic E-state index is 13.3. The molecule has 1 aliphatic heterocycles. The summed E-state index contributed by atoms with van der Waals surface area (Å²) in [6, 6.07) is 16.4. The fourth-order valence-corrected chi connectivity index (χ4v) is 3.45. The molecule has 0 bridgehead atoms. The standard InChI is InChI=1S/C21H24FNO2/c1-16(17-5-3-2-4-6-17)15-23-20(24)21(11-13-25-14-12-21)18-7-9-19(22)10-8-18/h2-10,16H,11-15H2,1H3,(H,23,24). The Labute approximate surface area is 148 Å². The minimum Gasteiger partial charge on any atom is -0.381 e. The third-order valence-electron chi connectivity index (χ3n) is 5.12. The van der Waals surface area contributed by atoms with Crippen LogP contribution in [0.2, 0.25) is 0 Å². The van der Waals surface area contributed by atoms with Crippen molar-refractivity contribution in [1.29, 1.82) is 0 Å². The molecule has 1 aliphatic rings. The second kappa shape index (κ2) is 7.79. The average Bonchev–Trinajstić information content (AvgIpc) is 2.67. The largest absolute Gasteiger partial charge is 0.381 e. The molecule has 1 amide bonds. The smallest absolute Gasteiger partial charge is 0.230 e. The third-order valence-corrected chi connectivity index (χ3v) is 5.12. The maximum absolute atomic E-state index is 13.3. The zero-order chi connectivity index (χ0) is 17.7. The Morgan fingerprint density at radius 2 is 1.76 bits per heavy atom. The molecule has 1 saturated heterocycles. The number of hydrogen-bond donors (Lipinski definition) is 1. The van der Waals surface area contributed by atoms with Gasteiger partial charge >= 0.3 is 0 Å². The zero-order valence-electron chi connectivity index (χ0n) is 14.5. The Kier molecular flexibility index (Phi) is 5.49. The number of amides is 1. The van der Waals surface area contributed by atoms with Gasteiger partial charge in [0.1, 0.15) is 5.82 Å². The van der Waals surface area contributed by atoms with E-state index < -0.39 is 5.41 Å². The van der Waals surface area contributed by atoms with E-state index in [-0.39, 0.29) is 17.6 Å². The first-order valence-electron chi connectivity index (χ1n) is 8.79. The predicted octanol–water partition coefficient (Wildman–Crippen LogP) is 3.79. The molecule has 0 aliphatic carbocycles. The first-order valence-corrected chi connectivity index (χ1v) is 8.79. The van der Waals surface area contributed by atoms with E-state index in [0.29, 0.717) is 32.6 Å². The molecule has 132 valence electrons. The Morgan fingerprint density at radius 1 is 1.12 bits per heavy atom. The van der Waals surface area contributed by atoms with Crippen LogP contribution in [0.3, 0.4) is 0 Å². The lowest BCUT2D eigenvalue weighted by atomic mass is 9.73. The molecule has 0 spiro atoms. The molecular formula is C21H24FNO2. The first kappa shape index (κ1) is 17.6. The van der Waals surface area contributed by atoms with Crippen LogP contribution in [-0.4, -0.2) is 25.7 Å². The van der Waals surface area contributed by atoms with Gasteiger partial charge < -0.3 is 10.1 Å². The van der Waals surface area contributed by atoms with Crippen LogP contribution in [0, 0.1) is 5.82 Å². The van der Waals surface area contributed by atoms with Gasteiger partial charge in [0.2, 0.25) is 5.91 Å². The molecule has 0 radical (unpaired) electrons. The summed E-state index contributed by atoms with van der Waals surface area (Å²) in [6.45, 7) is 3.76. The summed E-state index contributed by atoms with van der Waals surface area (Å²) in [7, 11) is 0. The van der Waals surface area contributed by atoms with Crippen LogP contribution in [0.15, 0.2) is 54.6 Å². The van der Waals surface area contributed by atoms with Crippen molar-refractivity contribution in [1.82, 2.24) is 5.32 Å². The highest BCUT2D eigenvalue weighted by atomic mass is 19.1. The summed E-state index contributed by atoms with van der Waals surface area (Å²) in [4.78, 5) is 13.1. The molecule has 0 aromatic heterocycles. The molecular weight excluding hydrogens is 317 g/mol. The third kappa shape index (κ3) is 3.90. The van der Waals surface area contributed by atoms with Crippen molar-refractivity contribution in [3.8, 4) is 0 Å². The SMILES string of the molecule is CC(CNC(=O)C1(c2ccc(F)cc2)CCOCC1)c1ccccc1. The van der Waals surface area contributed by atoms with E-state index in [0.717, 1.165) is 5.56 Å². The summed E-state index contributed by atoms with van der Waals surface area (Å²) < 4.78 is 18.8. The first-order chi connectivity index (χ1) is 12.1. The number of hydrogen-bond acceptors (Lipinski definition) is 2.